The van der Waals surface area contributed by atoms with Crippen LogP contribution >= 0.6 is 0 Å². The molecule has 12 nitrogen and oxygen atoms in total. The summed E-state index contributed by atoms with van der Waals surface area (Å²) in [6, 6.07) is 0. The van der Waals surface area contributed by atoms with Crippen molar-refractivity contribution in [1.82, 2.24) is 0 Å². The highest BCUT2D eigenvalue weighted by Gasteiger charge is 2.11. The van der Waals surface area contributed by atoms with E-state index in [4.69, 9.17) is 28.4 Å². The summed E-state index contributed by atoms with van der Waals surface area (Å²) in [6.45, 7) is 6.18. The zero-order chi connectivity index (χ0) is 39.7. The van der Waals surface area contributed by atoms with Crippen LogP contribution in [-0.4, -0.2) is 75.5 Å². The summed E-state index contributed by atoms with van der Waals surface area (Å²) < 4.78 is 31.1. The van der Waals surface area contributed by atoms with Gasteiger partial charge in [0.25, 0.3) is 0 Å². The molecule has 0 fully saturated rings. The predicted octanol–water partition coefficient (Wildman–Crippen LogP) is 9.21. The van der Waals surface area contributed by atoms with Gasteiger partial charge in [0.2, 0.25) is 0 Å². The Hall–Kier alpha value is -3.18. The van der Waals surface area contributed by atoms with E-state index >= 15 is 0 Å². The number of carbonyl (C=O) groups is 6. The van der Waals surface area contributed by atoms with Gasteiger partial charge in [0, 0.05) is 12.8 Å². The molecule has 0 aromatic rings. The molecule has 0 aliphatic carbocycles. The minimum atomic E-state index is -0.426. The van der Waals surface area contributed by atoms with E-state index in [1.54, 1.807) is 0 Å². The number of hydrogen-bond donors (Lipinski definition) is 0. The van der Waals surface area contributed by atoms with Crippen LogP contribution in [0.25, 0.3) is 0 Å². The SMILES string of the molecule is CCCCCCCCCOC(=O)CCC(=O)OCCCCCC(=O)OCCCCOC(=O)CCCCCOC(=O)CCC(=O)OCCCCCCCCC. The van der Waals surface area contributed by atoms with Gasteiger partial charge in [0.05, 0.1) is 65.3 Å². The zero-order valence-corrected chi connectivity index (χ0v) is 33.9. The first-order valence-electron chi connectivity index (χ1n) is 21.2. The molecule has 0 rings (SSSR count). The maximum atomic E-state index is 11.9. The van der Waals surface area contributed by atoms with Gasteiger partial charge in [0.1, 0.15) is 0 Å². The van der Waals surface area contributed by atoms with Crippen molar-refractivity contribution in [3.05, 3.63) is 0 Å². The van der Waals surface area contributed by atoms with E-state index in [1.807, 2.05) is 0 Å². The van der Waals surface area contributed by atoms with E-state index in [-0.39, 0.29) is 88.8 Å². The van der Waals surface area contributed by atoms with Gasteiger partial charge in [-0.15, -0.1) is 0 Å². The highest BCUT2D eigenvalue weighted by molar-refractivity contribution is 5.78. The van der Waals surface area contributed by atoms with E-state index in [0.29, 0.717) is 64.6 Å². The maximum Gasteiger partial charge on any atom is 0.306 e. The summed E-state index contributed by atoms with van der Waals surface area (Å²) in [6.07, 6.45) is 21.7. The Bertz CT molecular complexity index is 891. The van der Waals surface area contributed by atoms with E-state index < -0.39 is 11.9 Å². The highest BCUT2D eigenvalue weighted by atomic mass is 16.6. The van der Waals surface area contributed by atoms with Crippen molar-refractivity contribution in [3.8, 4) is 0 Å². The maximum absolute atomic E-state index is 11.9. The van der Waals surface area contributed by atoms with Gasteiger partial charge in [-0.2, -0.15) is 0 Å². The van der Waals surface area contributed by atoms with Gasteiger partial charge in [-0.25, -0.2) is 0 Å². The molecule has 0 aromatic carbocycles. The minimum Gasteiger partial charge on any atom is -0.466 e. The molecule has 314 valence electrons. The summed E-state index contributed by atoms with van der Waals surface area (Å²) >= 11 is 0. The van der Waals surface area contributed by atoms with Crippen molar-refractivity contribution >= 4 is 35.8 Å². The normalized spacial score (nSPS) is 10.8. The summed E-state index contributed by atoms with van der Waals surface area (Å²) in [7, 11) is 0. The van der Waals surface area contributed by atoms with E-state index in [9.17, 15) is 28.8 Å². The topological polar surface area (TPSA) is 158 Å². The van der Waals surface area contributed by atoms with Crippen molar-refractivity contribution in [3.63, 3.8) is 0 Å². The molecule has 0 saturated carbocycles. The summed E-state index contributed by atoms with van der Waals surface area (Å²) in [5.74, 6) is -2.18. The van der Waals surface area contributed by atoms with Crippen LogP contribution in [0.2, 0.25) is 0 Å². The molecule has 0 spiro atoms. The molecular weight excluding hydrogens is 696 g/mol. The molecular formula is C42H74O12. The Morgan fingerprint density at radius 2 is 0.426 bits per heavy atom. The Morgan fingerprint density at radius 1 is 0.241 bits per heavy atom. The van der Waals surface area contributed by atoms with Crippen LogP contribution in [0, 0.1) is 0 Å². The molecule has 0 aliphatic heterocycles. The lowest BCUT2D eigenvalue weighted by molar-refractivity contribution is -0.150. The van der Waals surface area contributed by atoms with Crippen LogP contribution in [0.4, 0.5) is 0 Å². The van der Waals surface area contributed by atoms with Gasteiger partial charge in [-0.3, -0.25) is 28.8 Å². The summed E-state index contributed by atoms with van der Waals surface area (Å²) in [5.41, 5.74) is 0. The molecule has 0 atom stereocenters. The van der Waals surface area contributed by atoms with E-state index in [2.05, 4.69) is 13.8 Å². The molecule has 0 radical (unpaired) electrons. The van der Waals surface area contributed by atoms with Gasteiger partial charge in [-0.1, -0.05) is 90.9 Å². The number of unbranched alkanes of at least 4 members (excludes halogenated alkanes) is 17. The quantitative estimate of drug-likeness (QED) is 0.0332. The average Bonchev–Trinajstić information content (AvgIpc) is 3.16. The Labute approximate surface area is 325 Å². The number of ether oxygens (including phenoxy) is 6. The van der Waals surface area contributed by atoms with Crippen LogP contribution in [0.1, 0.15) is 194 Å². The predicted molar refractivity (Wildman–Crippen MR) is 206 cm³/mol. The molecule has 0 amide bonds. The molecule has 0 heterocycles. The largest absolute Gasteiger partial charge is 0.466 e. The molecule has 0 saturated heterocycles. The molecule has 0 bridgehead atoms. The van der Waals surface area contributed by atoms with E-state index in [0.717, 1.165) is 38.5 Å². The Kier molecular flexibility index (Phi) is 37.2. The molecule has 0 N–H and O–H groups in total. The third-order valence-corrected chi connectivity index (χ3v) is 8.73. The average molecular weight is 771 g/mol. The first-order chi connectivity index (χ1) is 26.3. The number of rotatable bonds is 39. The monoisotopic (exact) mass is 771 g/mol. The molecule has 0 aliphatic rings. The van der Waals surface area contributed by atoms with Crippen molar-refractivity contribution in [2.24, 2.45) is 0 Å². The fourth-order valence-electron chi connectivity index (χ4n) is 5.38. The smallest absolute Gasteiger partial charge is 0.306 e. The van der Waals surface area contributed by atoms with Crippen LogP contribution in [0.3, 0.4) is 0 Å². The lowest BCUT2D eigenvalue weighted by Crippen LogP contribution is -2.11. The number of carbonyl (C=O) groups excluding carboxylic acids is 6. The number of hydrogen-bond acceptors (Lipinski definition) is 12. The first kappa shape index (κ1) is 50.8. The van der Waals surface area contributed by atoms with Crippen LogP contribution < -0.4 is 0 Å². The molecule has 54 heavy (non-hydrogen) atoms. The fraction of sp³-hybridized carbons (Fsp3) is 0.857. The Morgan fingerprint density at radius 3 is 0.685 bits per heavy atom. The van der Waals surface area contributed by atoms with Crippen molar-refractivity contribution in [2.75, 3.05) is 39.6 Å². The standard InChI is InChI=1S/C42H74O12/c1-3-5-7-9-11-13-19-31-51-39(45)27-29-41(47)53-33-21-15-17-25-37(43)49-35-23-24-36-50-38(44)26-18-16-22-34-54-42(48)30-28-40(46)52-32-20-14-12-10-8-6-4-2/h3-36H2,1-2H3. The second-order valence-corrected chi connectivity index (χ2v) is 13.9. The van der Waals surface area contributed by atoms with Crippen LogP contribution in [0.15, 0.2) is 0 Å². The first-order valence-corrected chi connectivity index (χ1v) is 21.2. The number of esters is 6. The van der Waals surface area contributed by atoms with Crippen LogP contribution in [0.5, 0.6) is 0 Å². The summed E-state index contributed by atoms with van der Waals surface area (Å²) in [4.78, 5) is 71.1. The van der Waals surface area contributed by atoms with Gasteiger partial charge in [-0.05, 0) is 64.2 Å². The minimum absolute atomic E-state index is 0.00423. The second-order valence-electron chi connectivity index (χ2n) is 13.9. The lowest BCUT2D eigenvalue weighted by Gasteiger charge is -2.07. The van der Waals surface area contributed by atoms with Crippen molar-refractivity contribution in [1.29, 1.82) is 0 Å². The molecule has 0 unspecified atom stereocenters. The van der Waals surface area contributed by atoms with Gasteiger partial charge >= 0.3 is 35.8 Å². The third-order valence-electron chi connectivity index (χ3n) is 8.73. The van der Waals surface area contributed by atoms with Gasteiger partial charge < -0.3 is 28.4 Å². The van der Waals surface area contributed by atoms with E-state index in [1.165, 1.54) is 51.4 Å². The highest BCUT2D eigenvalue weighted by Crippen LogP contribution is 2.10. The fourth-order valence-corrected chi connectivity index (χ4v) is 5.38. The van der Waals surface area contributed by atoms with Gasteiger partial charge in [0.15, 0.2) is 0 Å². The Balaban J connectivity index is 3.51. The molecule has 0 aromatic heterocycles. The lowest BCUT2D eigenvalue weighted by atomic mass is 10.1. The van der Waals surface area contributed by atoms with Crippen LogP contribution in [-0.2, 0) is 57.2 Å². The van der Waals surface area contributed by atoms with Crippen molar-refractivity contribution < 1.29 is 57.2 Å². The third kappa shape index (κ3) is 38.5. The van der Waals surface area contributed by atoms with Crippen molar-refractivity contribution in [2.45, 2.75) is 194 Å². The molecule has 12 heteroatoms. The second kappa shape index (κ2) is 39.5. The summed E-state index contributed by atoms with van der Waals surface area (Å²) in [5, 5.41) is 0. The zero-order valence-electron chi connectivity index (χ0n) is 33.9.